The number of nitrogens with zero attached hydrogens (tertiary/aromatic N) is 2. The molecule has 0 spiro atoms. The summed E-state index contributed by atoms with van der Waals surface area (Å²) in [7, 11) is 0. The lowest BCUT2D eigenvalue weighted by Crippen LogP contribution is -2.15. The highest BCUT2D eigenvalue weighted by Crippen LogP contribution is 2.19. The molecule has 0 fully saturated rings. The number of nitrogen functional groups attached to an aromatic ring is 2. The Morgan fingerprint density at radius 1 is 1.50 bits per heavy atom. The Bertz CT molecular complexity index is 344. The number of carbonyl (C=O) groups is 1. The van der Waals surface area contributed by atoms with E-state index in [0.717, 1.165) is 12.1 Å². The molecule has 1 amide bonds. The molecule has 0 atom stereocenters. The van der Waals surface area contributed by atoms with E-state index in [-0.39, 0.29) is 12.3 Å². The van der Waals surface area contributed by atoms with Gasteiger partial charge in [0.25, 0.3) is 0 Å². The molecule has 0 radical (unpaired) electrons. The molecule has 6 N–H and O–H groups in total. The predicted octanol–water partition coefficient (Wildman–Crippen LogP) is -0.515. The van der Waals surface area contributed by atoms with Crippen molar-refractivity contribution in [3.8, 4) is 0 Å². The molecule has 0 aromatic carbocycles. The highest BCUT2D eigenvalue weighted by molar-refractivity contribution is 5.73. The number of rotatable bonds is 4. The van der Waals surface area contributed by atoms with E-state index in [1.165, 1.54) is 0 Å². The Balaban J connectivity index is 2.85. The smallest absolute Gasteiger partial charge is 0.219 e. The van der Waals surface area contributed by atoms with Crippen LogP contribution in [0.1, 0.15) is 19.0 Å². The van der Waals surface area contributed by atoms with Gasteiger partial charge in [0.2, 0.25) is 5.91 Å². The lowest BCUT2D eigenvalue weighted by atomic mass is 10.3. The van der Waals surface area contributed by atoms with Gasteiger partial charge in [0.05, 0.1) is 17.9 Å². The van der Waals surface area contributed by atoms with Gasteiger partial charge in [0, 0.05) is 6.42 Å². The fraction of sp³-hybridized carbons (Fsp3) is 0.500. The molecule has 1 aromatic heterocycles. The van der Waals surface area contributed by atoms with Crippen LogP contribution in [0, 0.1) is 0 Å². The molecule has 0 saturated heterocycles. The summed E-state index contributed by atoms with van der Waals surface area (Å²) in [5.41, 5.74) is 17.6. The normalized spacial score (nSPS) is 10.4. The highest BCUT2D eigenvalue weighted by atomic mass is 16.1. The van der Waals surface area contributed by atoms with Crippen molar-refractivity contribution in [3.63, 3.8) is 0 Å². The van der Waals surface area contributed by atoms with E-state index < -0.39 is 0 Å². The van der Waals surface area contributed by atoms with Gasteiger partial charge in [-0.15, -0.1) is 0 Å². The molecular formula is C8H15N5O. The molecule has 1 rings (SSSR count). The lowest BCUT2D eigenvalue weighted by Gasteiger charge is -2.03. The molecule has 6 heteroatoms. The van der Waals surface area contributed by atoms with E-state index >= 15 is 0 Å². The molecule has 0 aliphatic carbocycles. The summed E-state index contributed by atoms with van der Waals surface area (Å²) in [5, 5.41) is 4.01. The van der Waals surface area contributed by atoms with E-state index in [1.807, 2.05) is 6.92 Å². The monoisotopic (exact) mass is 197 g/mol. The first-order valence-corrected chi connectivity index (χ1v) is 4.45. The molecular weight excluding hydrogens is 182 g/mol. The second-order valence-corrected chi connectivity index (χ2v) is 3.04. The minimum atomic E-state index is -0.361. The fourth-order valence-electron chi connectivity index (χ4n) is 1.31. The number of amides is 1. The van der Waals surface area contributed by atoms with Gasteiger partial charge in [-0.25, -0.2) is 0 Å². The average Bonchev–Trinajstić information content (AvgIpc) is 2.39. The van der Waals surface area contributed by atoms with Crippen LogP contribution in [0.2, 0.25) is 0 Å². The first kappa shape index (κ1) is 10.4. The first-order chi connectivity index (χ1) is 6.56. The number of anilines is 2. The van der Waals surface area contributed by atoms with Crippen molar-refractivity contribution >= 4 is 17.4 Å². The Morgan fingerprint density at radius 2 is 2.14 bits per heavy atom. The van der Waals surface area contributed by atoms with Crippen LogP contribution in [-0.4, -0.2) is 15.7 Å². The molecule has 0 saturated carbocycles. The van der Waals surface area contributed by atoms with Gasteiger partial charge in [-0.3, -0.25) is 9.48 Å². The van der Waals surface area contributed by atoms with Crippen molar-refractivity contribution < 1.29 is 4.79 Å². The number of hydrogen-bond donors (Lipinski definition) is 3. The van der Waals surface area contributed by atoms with Crippen molar-refractivity contribution in [3.05, 3.63) is 5.69 Å². The quantitative estimate of drug-likeness (QED) is 0.603. The number of hydrogen-bond acceptors (Lipinski definition) is 4. The zero-order valence-electron chi connectivity index (χ0n) is 8.16. The standard InChI is InChI=1S/C8H15N5O/c1-2-5-7(10)8(11)12-13(5)4-3-6(9)14/h2-4,10H2,1H3,(H2,9,14)(H2,11,12). The van der Waals surface area contributed by atoms with Crippen LogP contribution in [0.5, 0.6) is 0 Å². The van der Waals surface area contributed by atoms with Crippen molar-refractivity contribution in [1.29, 1.82) is 0 Å². The van der Waals surface area contributed by atoms with Crippen LogP contribution in [0.3, 0.4) is 0 Å². The molecule has 6 nitrogen and oxygen atoms in total. The van der Waals surface area contributed by atoms with E-state index in [9.17, 15) is 4.79 Å². The lowest BCUT2D eigenvalue weighted by molar-refractivity contribution is -0.118. The van der Waals surface area contributed by atoms with E-state index in [0.29, 0.717) is 18.1 Å². The molecule has 14 heavy (non-hydrogen) atoms. The Morgan fingerprint density at radius 3 is 2.64 bits per heavy atom. The van der Waals surface area contributed by atoms with Crippen LogP contribution in [0.25, 0.3) is 0 Å². The van der Waals surface area contributed by atoms with Crippen LogP contribution in [0.4, 0.5) is 11.5 Å². The van der Waals surface area contributed by atoms with Crippen molar-refractivity contribution in [1.82, 2.24) is 9.78 Å². The molecule has 1 aromatic rings. The number of nitrogens with two attached hydrogens (primary N) is 3. The second kappa shape index (κ2) is 3.99. The van der Waals surface area contributed by atoms with Crippen LogP contribution in [0.15, 0.2) is 0 Å². The van der Waals surface area contributed by atoms with Crippen molar-refractivity contribution in [2.45, 2.75) is 26.3 Å². The number of aryl methyl sites for hydroxylation is 1. The number of aromatic nitrogens is 2. The topological polar surface area (TPSA) is 113 Å². The zero-order chi connectivity index (χ0) is 10.7. The minimum Gasteiger partial charge on any atom is -0.394 e. The van der Waals surface area contributed by atoms with Gasteiger partial charge in [-0.1, -0.05) is 6.92 Å². The van der Waals surface area contributed by atoms with Crippen molar-refractivity contribution in [2.75, 3.05) is 11.5 Å². The first-order valence-electron chi connectivity index (χ1n) is 4.45. The third-order valence-corrected chi connectivity index (χ3v) is 2.03. The van der Waals surface area contributed by atoms with E-state index in [2.05, 4.69) is 5.10 Å². The summed E-state index contributed by atoms with van der Waals surface area (Å²) in [6.45, 7) is 2.38. The number of primary amides is 1. The maximum absolute atomic E-state index is 10.6. The highest BCUT2D eigenvalue weighted by Gasteiger charge is 2.11. The van der Waals surface area contributed by atoms with Gasteiger partial charge in [0.1, 0.15) is 0 Å². The summed E-state index contributed by atoms with van der Waals surface area (Å²) in [6.07, 6.45) is 0.975. The van der Waals surface area contributed by atoms with Crippen LogP contribution >= 0.6 is 0 Å². The summed E-state index contributed by atoms with van der Waals surface area (Å²) in [5.74, 6) is -0.0500. The SMILES string of the molecule is CCc1c(N)c(N)nn1CCC(N)=O. The van der Waals surface area contributed by atoms with E-state index in [4.69, 9.17) is 17.2 Å². The van der Waals surface area contributed by atoms with Crippen LogP contribution < -0.4 is 17.2 Å². The fourth-order valence-corrected chi connectivity index (χ4v) is 1.31. The van der Waals surface area contributed by atoms with Gasteiger partial charge in [-0.2, -0.15) is 5.10 Å². The average molecular weight is 197 g/mol. The summed E-state index contributed by atoms with van der Waals surface area (Å²) in [6, 6.07) is 0. The van der Waals surface area contributed by atoms with Gasteiger partial charge >= 0.3 is 0 Å². The van der Waals surface area contributed by atoms with E-state index in [1.54, 1.807) is 4.68 Å². The second-order valence-electron chi connectivity index (χ2n) is 3.04. The maximum Gasteiger partial charge on any atom is 0.219 e. The Kier molecular flexibility index (Phi) is 2.95. The van der Waals surface area contributed by atoms with Gasteiger partial charge < -0.3 is 17.2 Å². The molecule has 1 heterocycles. The molecule has 0 aliphatic heterocycles. The minimum absolute atomic E-state index is 0.244. The van der Waals surface area contributed by atoms with Crippen molar-refractivity contribution in [2.24, 2.45) is 5.73 Å². The molecule has 0 unspecified atom stereocenters. The van der Waals surface area contributed by atoms with Gasteiger partial charge in [0.15, 0.2) is 5.82 Å². The van der Waals surface area contributed by atoms with Crippen LogP contribution in [-0.2, 0) is 17.8 Å². The summed E-state index contributed by atoms with van der Waals surface area (Å²) >= 11 is 0. The Labute approximate surface area is 82.0 Å². The maximum atomic E-state index is 10.6. The molecule has 78 valence electrons. The summed E-state index contributed by atoms with van der Waals surface area (Å²) in [4.78, 5) is 10.6. The largest absolute Gasteiger partial charge is 0.394 e. The third-order valence-electron chi connectivity index (χ3n) is 2.03. The number of carbonyl (C=O) groups excluding carboxylic acids is 1. The summed E-state index contributed by atoms with van der Waals surface area (Å²) < 4.78 is 1.63. The zero-order valence-corrected chi connectivity index (χ0v) is 8.16. The van der Waals surface area contributed by atoms with Gasteiger partial charge in [-0.05, 0) is 6.42 Å². The molecule has 0 aliphatic rings. The predicted molar refractivity (Wildman–Crippen MR) is 54.2 cm³/mol. The Hall–Kier alpha value is -1.72. The molecule has 0 bridgehead atoms. The third kappa shape index (κ3) is 1.95.